The van der Waals surface area contributed by atoms with E-state index in [4.69, 9.17) is 16.7 Å². The van der Waals surface area contributed by atoms with E-state index in [-0.39, 0.29) is 11.9 Å². The van der Waals surface area contributed by atoms with Crippen LogP contribution in [0.5, 0.6) is 0 Å². The summed E-state index contributed by atoms with van der Waals surface area (Å²) in [5, 5.41) is 13.1. The van der Waals surface area contributed by atoms with Crippen molar-refractivity contribution in [1.29, 1.82) is 0 Å². The molecule has 1 amide bonds. The number of rotatable bonds is 6. The highest BCUT2D eigenvalue weighted by atomic mass is 35.5. The summed E-state index contributed by atoms with van der Waals surface area (Å²) >= 11 is 6.32. The molecule has 0 aliphatic rings. The Balaban J connectivity index is 1.78. The van der Waals surface area contributed by atoms with Gasteiger partial charge in [-0.2, -0.15) is 0 Å². The summed E-state index contributed by atoms with van der Waals surface area (Å²) < 4.78 is 13.7. The molecule has 0 saturated carbocycles. The zero-order valence-electron chi connectivity index (χ0n) is 16.2. The van der Waals surface area contributed by atoms with Crippen LogP contribution in [0, 0.1) is 6.92 Å². The summed E-state index contributed by atoms with van der Waals surface area (Å²) in [4.78, 5) is 24.0. The zero-order chi connectivity index (χ0) is 21.3. The van der Waals surface area contributed by atoms with Gasteiger partial charge in [0.1, 0.15) is 11.4 Å². The molecular formula is C21H21ClN2O4S. The minimum atomic E-state index is -1.59. The predicted octanol–water partition coefficient (Wildman–Crippen LogP) is 3.82. The molecule has 0 radical (unpaired) electrons. The number of halogens is 1. The summed E-state index contributed by atoms with van der Waals surface area (Å²) in [6, 6.07) is 12.1. The van der Waals surface area contributed by atoms with Gasteiger partial charge in [-0.25, -0.2) is 0 Å². The van der Waals surface area contributed by atoms with Gasteiger partial charge in [0.2, 0.25) is 0 Å². The van der Waals surface area contributed by atoms with Crippen molar-refractivity contribution in [2.24, 2.45) is 7.05 Å². The maximum Gasteiger partial charge on any atom is 0.316 e. The average Bonchev–Trinajstić information content (AvgIpc) is 2.98. The Morgan fingerprint density at radius 1 is 1.21 bits per heavy atom. The minimum absolute atomic E-state index is 0.233. The van der Waals surface area contributed by atoms with Crippen LogP contribution in [-0.4, -0.2) is 31.5 Å². The van der Waals surface area contributed by atoms with Gasteiger partial charge in [-0.1, -0.05) is 23.7 Å². The molecule has 1 heterocycles. The smallest absolute Gasteiger partial charge is 0.316 e. The fourth-order valence-corrected chi connectivity index (χ4v) is 4.35. The summed E-state index contributed by atoms with van der Waals surface area (Å²) in [5.41, 5.74) is 3.23. The molecule has 152 valence electrons. The van der Waals surface area contributed by atoms with E-state index in [1.807, 2.05) is 37.6 Å². The van der Waals surface area contributed by atoms with E-state index in [9.17, 15) is 13.8 Å². The lowest BCUT2D eigenvalue weighted by Crippen LogP contribution is -2.28. The highest BCUT2D eigenvalue weighted by molar-refractivity contribution is 7.85. The lowest BCUT2D eigenvalue weighted by atomic mass is 10.1. The molecule has 2 aromatic carbocycles. The Labute approximate surface area is 175 Å². The molecule has 29 heavy (non-hydrogen) atoms. The van der Waals surface area contributed by atoms with Crippen molar-refractivity contribution >= 4 is 45.2 Å². The molecule has 2 atom stereocenters. The van der Waals surface area contributed by atoms with Crippen LogP contribution in [0.1, 0.15) is 34.6 Å². The Morgan fingerprint density at radius 2 is 1.86 bits per heavy atom. The standard InChI is InChI=1S/C21H21ClN2O4S/c1-12-8-17(22)16-10-19(24(3)18(16)9-12)21(27)23-13(2)14-4-6-15(7-5-14)29(28)11-20(25)26/h4-10,13H,11H2,1-3H3,(H,23,27)(H,25,26)/t13-,29?/m1/s1. The summed E-state index contributed by atoms with van der Waals surface area (Å²) in [6.07, 6.45) is 0. The van der Waals surface area contributed by atoms with Gasteiger partial charge in [-0.3, -0.25) is 13.8 Å². The first kappa shape index (κ1) is 21.1. The normalized spacial score (nSPS) is 13.2. The number of aliphatic carboxylic acids is 1. The van der Waals surface area contributed by atoms with E-state index in [1.54, 1.807) is 30.3 Å². The molecule has 0 bridgehead atoms. The molecule has 2 N–H and O–H groups in total. The molecule has 8 heteroatoms. The number of aryl methyl sites for hydroxylation is 2. The Hall–Kier alpha value is -2.64. The first-order chi connectivity index (χ1) is 13.7. The molecule has 3 aromatic rings. The van der Waals surface area contributed by atoms with Crippen LogP contribution < -0.4 is 5.32 Å². The average molecular weight is 433 g/mol. The van der Waals surface area contributed by atoms with Crippen LogP contribution in [-0.2, 0) is 22.6 Å². The van der Waals surface area contributed by atoms with Crippen molar-refractivity contribution in [2.45, 2.75) is 24.8 Å². The van der Waals surface area contributed by atoms with E-state index >= 15 is 0 Å². The highest BCUT2D eigenvalue weighted by Gasteiger charge is 2.18. The quantitative estimate of drug-likeness (QED) is 0.619. The van der Waals surface area contributed by atoms with Gasteiger partial charge in [-0.05, 0) is 55.3 Å². The number of nitrogens with one attached hydrogen (secondary N) is 1. The molecular weight excluding hydrogens is 412 g/mol. The van der Waals surface area contributed by atoms with Gasteiger partial charge in [-0.15, -0.1) is 0 Å². The van der Waals surface area contributed by atoms with Crippen molar-refractivity contribution in [3.05, 3.63) is 64.3 Å². The number of carbonyl (C=O) groups is 2. The molecule has 0 fully saturated rings. The van der Waals surface area contributed by atoms with Crippen LogP contribution >= 0.6 is 11.6 Å². The van der Waals surface area contributed by atoms with Crippen molar-refractivity contribution in [1.82, 2.24) is 9.88 Å². The fourth-order valence-electron chi connectivity index (χ4n) is 3.19. The molecule has 1 unspecified atom stereocenters. The Morgan fingerprint density at radius 3 is 2.48 bits per heavy atom. The minimum Gasteiger partial charge on any atom is -0.481 e. The number of benzene rings is 2. The van der Waals surface area contributed by atoms with E-state index in [0.717, 1.165) is 22.0 Å². The van der Waals surface area contributed by atoms with Gasteiger partial charge in [0.15, 0.2) is 0 Å². The van der Waals surface area contributed by atoms with Crippen LogP contribution in [0.2, 0.25) is 5.02 Å². The molecule has 3 rings (SSSR count). The van der Waals surface area contributed by atoms with Gasteiger partial charge >= 0.3 is 5.97 Å². The molecule has 0 saturated heterocycles. The monoisotopic (exact) mass is 432 g/mol. The van der Waals surface area contributed by atoms with E-state index in [1.165, 1.54) is 0 Å². The van der Waals surface area contributed by atoms with Crippen LogP contribution in [0.4, 0.5) is 0 Å². The number of fused-ring (bicyclic) bond motifs is 1. The Kier molecular flexibility index (Phi) is 6.10. The number of carboxylic acids is 1. The van der Waals surface area contributed by atoms with Crippen LogP contribution in [0.3, 0.4) is 0 Å². The van der Waals surface area contributed by atoms with Crippen molar-refractivity contribution < 1.29 is 18.9 Å². The summed E-state index contributed by atoms with van der Waals surface area (Å²) in [5.74, 6) is -1.78. The lowest BCUT2D eigenvalue weighted by molar-refractivity contribution is -0.133. The maximum absolute atomic E-state index is 12.8. The Bertz CT molecular complexity index is 1120. The number of hydrogen-bond acceptors (Lipinski definition) is 3. The number of carboxylic acid groups (broad SMARTS) is 1. The van der Waals surface area contributed by atoms with Gasteiger partial charge in [0.05, 0.1) is 27.4 Å². The van der Waals surface area contributed by atoms with Gasteiger partial charge < -0.3 is 15.0 Å². The number of hydrogen-bond donors (Lipinski definition) is 2. The number of aromatic nitrogens is 1. The maximum atomic E-state index is 12.8. The number of carbonyl (C=O) groups excluding carboxylic acids is 1. The predicted molar refractivity (Wildman–Crippen MR) is 114 cm³/mol. The second-order valence-electron chi connectivity index (χ2n) is 6.92. The largest absolute Gasteiger partial charge is 0.481 e. The second kappa shape index (κ2) is 8.39. The summed E-state index contributed by atoms with van der Waals surface area (Å²) in [6.45, 7) is 3.80. The van der Waals surface area contributed by atoms with Crippen LogP contribution in [0.25, 0.3) is 10.9 Å². The molecule has 1 aromatic heterocycles. The molecule has 0 aliphatic carbocycles. The topological polar surface area (TPSA) is 88.4 Å². The fraction of sp³-hybridized carbons (Fsp3) is 0.238. The third-order valence-corrected chi connectivity index (χ3v) is 6.35. The van der Waals surface area contributed by atoms with E-state index in [2.05, 4.69) is 5.32 Å². The SMILES string of the molecule is Cc1cc(Cl)c2cc(C(=O)N[C@H](C)c3ccc(S(=O)CC(=O)O)cc3)n(C)c2c1. The van der Waals surface area contributed by atoms with Crippen molar-refractivity contribution in [2.75, 3.05) is 5.75 Å². The van der Waals surface area contributed by atoms with Crippen LogP contribution in [0.15, 0.2) is 47.4 Å². The highest BCUT2D eigenvalue weighted by Crippen LogP contribution is 2.28. The summed E-state index contributed by atoms with van der Waals surface area (Å²) in [7, 11) is 0.229. The van der Waals surface area contributed by atoms with Gasteiger partial charge in [0.25, 0.3) is 5.91 Å². The third-order valence-electron chi connectivity index (χ3n) is 4.73. The lowest BCUT2D eigenvalue weighted by Gasteiger charge is -2.15. The first-order valence-corrected chi connectivity index (χ1v) is 10.6. The van der Waals surface area contributed by atoms with Crippen molar-refractivity contribution in [3.8, 4) is 0 Å². The molecule has 0 aliphatic heterocycles. The number of nitrogens with zero attached hydrogens (tertiary/aromatic N) is 1. The second-order valence-corrected chi connectivity index (χ2v) is 8.77. The van der Waals surface area contributed by atoms with E-state index in [0.29, 0.717) is 15.6 Å². The molecule has 0 spiro atoms. The first-order valence-electron chi connectivity index (χ1n) is 8.94. The number of amides is 1. The van der Waals surface area contributed by atoms with Gasteiger partial charge in [0, 0.05) is 17.3 Å². The van der Waals surface area contributed by atoms with Crippen molar-refractivity contribution in [3.63, 3.8) is 0 Å². The third kappa shape index (κ3) is 4.52. The van der Waals surface area contributed by atoms with E-state index < -0.39 is 22.5 Å². The molecule has 6 nitrogen and oxygen atoms in total. The zero-order valence-corrected chi connectivity index (χ0v) is 17.8.